The summed E-state index contributed by atoms with van der Waals surface area (Å²) >= 11 is 0. The van der Waals surface area contributed by atoms with E-state index in [-0.39, 0.29) is 17.2 Å². The molecule has 0 bridgehead atoms. The summed E-state index contributed by atoms with van der Waals surface area (Å²) in [6.07, 6.45) is 6.72. The summed E-state index contributed by atoms with van der Waals surface area (Å²) in [6, 6.07) is 0. The fourth-order valence-corrected chi connectivity index (χ4v) is 4.23. The van der Waals surface area contributed by atoms with Gasteiger partial charge in [0.1, 0.15) is 0 Å². The average molecular weight is 313 g/mol. The van der Waals surface area contributed by atoms with Gasteiger partial charge in [0.05, 0.1) is 12.2 Å². The summed E-state index contributed by atoms with van der Waals surface area (Å²) in [5.41, 5.74) is 1.05. The Labute approximate surface area is 133 Å². The molecule has 0 amide bonds. The van der Waals surface area contributed by atoms with Crippen molar-refractivity contribution in [2.45, 2.75) is 96.6 Å². The molecule has 0 aromatic carbocycles. The maximum absolute atomic E-state index is 10.4. The molecule has 0 radical (unpaired) electrons. The molecule has 0 saturated heterocycles. The maximum atomic E-state index is 10.4. The van der Waals surface area contributed by atoms with E-state index in [2.05, 4.69) is 47.4 Å². The SMILES string of the molecule is C=C(C[C@@H](O)C1CCCCC1)[C@H](C)O[Si](C)(C)C(C)(C)C. The van der Waals surface area contributed by atoms with Crippen molar-refractivity contribution >= 4 is 8.32 Å². The zero-order chi connectivity index (χ0) is 16.3. The minimum atomic E-state index is -1.76. The molecule has 1 saturated carbocycles. The topological polar surface area (TPSA) is 29.5 Å². The van der Waals surface area contributed by atoms with Crippen molar-refractivity contribution in [3.8, 4) is 0 Å². The van der Waals surface area contributed by atoms with Crippen LogP contribution in [0, 0.1) is 5.92 Å². The lowest BCUT2D eigenvalue weighted by Crippen LogP contribution is -2.43. The monoisotopic (exact) mass is 312 g/mol. The molecule has 2 atom stereocenters. The molecule has 124 valence electrons. The lowest BCUT2D eigenvalue weighted by Gasteiger charge is -2.39. The standard InChI is InChI=1S/C18H36O2Si/c1-14(13-17(19)16-11-9-8-10-12-16)15(2)20-21(6,7)18(3,4)5/h15-17,19H,1,8-13H2,2-7H3/t15-,17+/m0/s1. The smallest absolute Gasteiger partial charge is 0.192 e. The zero-order valence-corrected chi connectivity index (χ0v) is 16.0. The normalized spacial score (nSPS) is 21.1. The summed E-state index contributed by atoms with van der Waals surface area (Å²) in [5, 5.41) is 10.7. The first-order valence-electron chi connectivity index (χ1n) is 8.58. The third-order valence-electron chi connectivity index (χ3n) is 5.52. The third-order valence-corrected chi connectivity index (χ3v) is 10.1. The van der Waals surface area contributed by atoms with E-state index >= 15 is 0 Å². The Morgan fingerprint density at radius 1 is 1.24 bits per heavy atom. The second-order valence-corrected chi connectivity index (χ2v) is 13.1. The van der Waals surface area contributed by atoms with Gasteiger partial charge in [0, 0.05) is 0 Å². The van der Waals surface area contributed by atoms with Crippen molar-refractivity contribution in [3.05, 3.63) is 12.2 Å². The van der Waals surface area contributed by atoms with Crippen molar-refractivity contribution in [1.82, 2.24) is 0 Å². The van der Waals surface area contributed by atoms with Gasteiger partial charge in [-0.3, -0.25) is 0 Å². The van der Waals surface area contributed by atoms with Gasteiger partial charge in [-0.25, -0.2) is 0 Å². The Bertz CT molecular complexity index is 338. The molecule has 0 aromatic heterocycles. The summed E-state index contributed by atoms with van der Waals surface area (Å²) in [4.78, 5) is 0. The highest BCUT2D eigenvalue weighted by Gasteiger charge is 2.39. The molecule has 3 heteroatoms. The lowest BCUT2D eigenvalue weighted by molar-refractivity contribution is 0.0794. The van der Waals surface area contributed by atoms with Crippen molar-refractivity contribution < 1.29 is 9.53 Å². The highest BCUT2D eigenvalue weighted by molar-refractivity contribution is 6.74. The third kappa shape index (κ3) is 5.54. The van der Waals surface area contributed by atoms with E-state index in [4.69, 9.17) is 4.43 Å². The van der Waals surface area contributed by atoms with Crippen LogP contribution < -0.4 is 0 Å². The molecule has 0 unspecified atom stereocenters. The fraction of sp³-hybridized carbons (Fsp3) is 0.889. The van der Waals surface area contributed by atoms with E-state index in [1.165, 1.54) is 32.1 Å². The quantitative estimate of drug-likeness (QED) is 0.534. The van der Waals surface area contributed by atoms with Crippen LogP contribution in [-0.4, -0.2) is 25.6 Å². The number of rotatable bonds is 6. The van der Waals surface area contributed by atoms with E-state index in [9.17, 15) is 5.11 Å². The Morgan fingerprint density at radius 3 is 2.24 bits per heavy atom. The number of hydrogen-bond donors (Lipinski definition) is 1. The minimum absolute atomic E-state index is 0.0455. The Morgan fingerprint density at radius 2 is 1.76 bits per heavy atom. The first-order valence-corrected chi connectivity index (χ1v) is 11.5. The fourth-order valence-electron chi connectivity index (χ4n) is 2.82. The number of aliphatic hydroxyl groups is 1. The maximum Gasteiger partial charge on any atom is 0.192 e. The van der Waals surface area contributed by atoms with Gasteiger partial charge in [-0.05, 0) is 55.8 Å². The average Bonchev–Trinajstić information content (AvgIpc) is 2.37. The van der Waals surface area contributed by atoms with Gasteiger partial charge in [0.2, 0.25) is 0 Å². The molecule has 0 aliphatic heterocycles. The van der Waals surface area contributed by atoms with E-state index in [0.29, 0.717) is 12.3 Å². The summed E-state index contributed by atoms with van der Waals surface area (Å²) < 4.78 is 6.38. The second-order valence-electron chi connectivity index (χ2n) is 8.35. The minimum Gasteiger partial charge on any atom is -0.411 e. The summed E-state index contributed by atoms with van der Waals surface area (Å²) in [7, 11) is -1.76. The van der Waals surface area contributed by atoms with Crippen LogP contribution in [0.5, 0.6) is 0 Å². The Hall–Kier alpha value is -0.123. The van der Waals surface area contributed by atoms with Crippen LogP contribution in [0.1, 0.15) is 66.2 Å². The molecule has 1 fully saturated rings. The molecule has 2 nitrogen and oxygen atoms in total. The molecule has 1 aliphatic carbocycles. The molecular weight excluding hydrogens is 276 g/mol. The lowest BCUT2D eigenvalue weighted by atomic mass is 9.83. The van der Waals surface area contributed by atoms with Crippen LogP contribution >= 0.6 is 0 Å². The first-order chi connectivity index (χ1) is 9.54. The molecular formula is C18H36O2Si. The van der Waals surface area contributed by atoms with Crippen LogP contribution in [0.3, 0.4) is 0 Å². The molecule has 0 spiro atoms. The van der Waals surface area contributed by atoms with Crippen LogP contribution in [-0.2, 0) is 4.43 Å². The van der Waals surface area contributed by atoms with E-state index in [0.717, 1.165) is 5.57 Å². The molecule has 1 rings (SSSR count). The Balaban J connectivity index is 2.50. The Kier molecular flexibility index (Phi) is 6.70. The van der Waals surface area contributed by atoms with E-state index in [1.807, 2.05) is 0 Å². The van der Waals surface area contributed by atoms with Crippen molar-refractivity contribution in [2.24, 2.45) is 5.92 Å². The van der Waals surface area contributed by atoms with Crippen molar-refractivity contribution in [3.63, 3.8) is 0 Å². The highest BCUT2D eigenvalue weighted by Crippen LogP contribution is 2.38. The van der Waals surface area contributed by atoms with Crippen molar-refractivity contribution in [2.75, 3.05) is 0 Å². The van der Waals surface area contributed by atoms with Gasteiger partial charge in [0.25, 0.3) is 0 Å². The van der Waals surface area contributed by atoms with Gasteiger partial charge >= 0.3 is 0 Å². The predicted molar refractivity (Wildman–Crippen MR) is 94.1 cm³/mol. The molecule has 0 aromatic rings. The van der Waals surface area contributed by atoms with Crippen LogP contribution in [0.15, 0.2) is 12.2 Å². The van der Waals surface area contributed by atoms with Crippen LogP contribution in [0.4, 0.5) is 0 Å². The van der Waals surface area contributed by atoms with Gasteiger partial charge in [-0.1, -0.05) is 46.6 Å². The predicted octanol–water partition coefficient (Wildman–Crippen LogP) is 5.28. The van der Waals surface area contributed by atoms with Gasteiger partial charge in [-0.15, -0.1) is 0 Å². The largest absolute Gasteiger partial charge is 0.411 e. The van der Waals surface area contributed by atoms with Crippen molar-refractivity contribution in [1.29, 1.82) is 0 Å². The van der Waals surface area contributed by atoms with Gasteiger partial charge in [0.15, 0.2) is 8.32 Å². The second kappa shape index (κ2) is 7.43. The number of hydrogen-bond acceptors (Lipinski definition) is 2. The summed E-state index contributed by atoms with van der Waals surface area (Å²) in [5.74, 6) is 0.468. The van der Waals surface area contributed by atoms with Crippen LogP contribution in [0.2, 0.25) is 18.1 Å². The van der Waals surface area contributed by atoms with Gasteiger partial charge < -0.3 is 9.53 Å². The molecule has 21 heavy (non-hydrogen) atoms. The molecule has 1 N–H and O–H groups in total. The molecule has 0 heterocycles. The molecule has 1 aliphatic rings. The first kappa shape index (κ1) is 18.9. The van der Waals surface area contributed by atoms with Crippen LogP contribution in [0.25, 0.3) is 0 Å². The number of aliphatic hydroxyl groups excluding tert-OH is 1. The zero-order valence-electron chi connectivity index (χ0n) is 15.0. The highest BCUT2D eigenvalue weighted by atomic mass is 28.4. The summed E-state index contributed by atoms with van der Waals surface area (Å²) in [6.45, 7) is 17.6. The van der Waals surface area contributed by atoms with E-state index in [1.54, 1.807) is 0 Å². The van der Waals surface area contributed by atoms with Gasteiger partial charge in [-0.2, -0.15) is 0 Å². The van der Waals surface area contributed by atoms with E-state index < -0.39 is 8.32 Å².